The van der Waals surface area contributed by atoms with Crippen molar-refractivity contribution in [2.24, 2.45) is 0 Å². The fraction of sp³-hybridized carbons (Fsp3) is 0.267. The van der Waals surface area contributed by atoms with Gasteiger partial charge in [0.05, 0.1) is 38.0 Å². The molecule has 4 rings (SSSR count). The fourth-order valence-electron chi connectivity index (χ4n) is 4.45. The molecule has 8 nitrogen and oxygen atoms in total. The summed E-state index contributed by atoms with van der Waals surface area (Å²) < 4.78 is 16.5. The van der Waals surface area contributed by atoms with E-state index in [1.165, 1.54) is 19.1 Å². The number of rotatable bonds is 9. The van der Waals surface area contributed by atoms with Gasteiger partial charge in [-0.3, -0.25) is 14.5 Å². The van der Waals surface area contributed by atoms with Crippen LogP contribution in [0.1, 0.15) is 30.5 Å². The maximum atomic E-state index is 13.5. The van der Waals surface area contributed by atoms with Gasteiger partial charge in [0.2, 0.25) is 0 Å². The molecular weight excluding hydrogens is 484 g/mol. The molecule has 1 aliphatic heterocycles. The molecule has 0 aromatic heterocycles. The fourth-order valence-corrected chi connectivity index (χ4v) is 4.45. The summed E-state index contributed by atoms with van der Waals surface area (Å²) in [6.07, 6.45) is 0.830. The second kappa shape index (κ2) is 11.3. The lowest BCUT2D eigenvalue weighted by Gasteiger charge is -2.26. The molecule has 1 amide bonds. The molecule has 1 atom stereocenters. The molecule has 198 valence electrons. The molecule has 0 aliphatic carbocycles. The van der Waals surface area contributed by atoms with Crippen LogP contribution in [0.2, 0.25) is 0 Å². The number of ketones is 1. The molecule has 38 heavy (non-hydrogen) atoms. The van der Waals surface area contributed by atoms with Crippen molar-refractivity contribution in [1.82, 2.24) is 0 Å². The van der Waals surface area contributed by atoms with Gasteiger partial charge in [-0.25, -0.2) is 0 Å². The number of hydrogen-bond donors (Lipinski definition) is 1. The van der Waals surface area contributed by atoms with Crippen LogP contribution in [0.15, 0.2) is 72.3 Å². The summed E-state index contributed by atoms with van der Waals surface area (Å²) in [4.78, 5) is 30.4. The second-order valence-corrected chi connectivity index (χ2v) is 9.07. The third-order valence-corrected chi connectivity index (χ3v) is 6.40. The van der Waals surface area contributed by atoms with Crippen LogP contribution in [0.5, 0.6) is 17.2 Å². The number of anilines is 2. The number of benzene rings is 3. The average molecular weight is 517 g/mol. The van der Waals surface area contributed by atoms with Gasteiger partial charge in [-0.15, -0.1) is 0 Å². The molecular formula is C30H32N2O6. The molecule has 1 aliphatic rings. The van der Waals surface area contributed by atoms with E-state index in [1.807, 2.05) is 50.2 Å². The first kappa shape index (κ1) is 26.6. The average Bonchev–Trinajstić information content (AvgIpc) is 3.21. The van der Waals surface area contributed by atoms with Crippen molar-refractivity contribution < 1.29 is 28.9 Å². The summed E-state index contributed by atoms with van der Waals surface area (Å²) in [6, 6.07) is 18.6. The largest absolute Gasteiger partial charge is 0.507 e. The zero-order valence-electron chi connectivity index (χ0n) is 22.2. The molecule has 0 bridgehead atoms. The molecule has 1 heterocycles. The second-order valence-electron chi connectivity index (χ2n) is 9.07. The van der Waals surface area contributed by atoms with E-state index in [0.717, 1.165) is 12.1 Å². The van der Waals surface area contributed by atoms with E-state index in [1.54, 1.807) is 42.5 Å². The third kappa shape index (κ3) is 5.02. The highest BCUT2D eigenvalue weighted by Crippen LogP contribution is 2.44. The number of hydrogen-bond acceptors (Lipinski definition) is 7. The molecule has 0 saturated carbocycles. The molecule has 1 fully saturated rings. The van der Waals surface area contributed by atoms with Gasteiger partial charge < -0.3 is 24.2 Å². The number of carbonyl (C=O) groups excluding carboxylic acids is 2. The number of aliphatic hydroxyl groups is 1. The molecule has 1 unspecified atom stereocenters. The maximum Gasteiger partial charge on any atom is 0.300 e. The first-order chi connectivity index (χ1) is 18.3. The highest BCUT2D eigenvalue weighted by molar-refractivity contribution is 6.51. The standard InChI is InChI=1S/C30H32N2O6/c1-6-16-38-23-9-7-8-21(17-23)32-27(19-10-12-20(13-11-19)31(2)3)26(29(34)30(32)35)28(33)24-15-14-22(36-4)18-25(24)37-5/h7-15,17-18,27,33H,6,16H2,1-5H3/b28-26-. The molecule has 1 saturated heterocycles. The minimum atomic E-state index is -0.876. The zero-order valence-corrected chi connectivity index (χ0v) is 22.2. The van der Waals surface area contributed by atoms with Crippen molar-refractivity contribution in [3.63, 3.8) is 0 Å². The Bertz CT molecular complexity index is 1360. The Morgan fingerprint density at radius 2 is 1.68 bits per heavy atom. The van der Waals surface area contributed by atoms with Crippen LogP contribution in [0.4, 0.5) is 11.4 Å². The van der Waals surface area contributed by atoms with Gasteiger partial charge in [0.1, 0.15) is 23.0 Å². The number of ether oxygens (including phenoxy) is 3. The van der Waals surface area contributed by atoms with Gasteiger partial charge in [0.15, 0.2) is 0 Å². The number of Topliss-reactive ketones (excluding diaryl/α,β-unsaturated/α-hetero) is 1. The van der Waals surface area contributed by atoms with E-state index in [9.17, 15) is 14.7 Å². The quantitative estimate of drug-likeness (QED) is 0.238. The van der Waals surface area contributed by atoms with E-state index in [4.69, 9.17) is 14.2 Å². The van der Waals surface area contributed by atoms with Crippen LogP contribution in [0.25, 0.3) is 5.76 Å². The Hall–Kier alpha value is -4.46. The van der Waals surface area contributed by atoms with Crippen LogP contribution < -0.4 is 24.0 Å². The monoisotopic (exact) mass is 516 g/mol. The molecule has 0 spiro atoms. The van der Waals surface area contributed by atoms with E-state index < -0.39 is 17.7 Å². The van der Waals surface area contributed by atoms with Gasteiger partial charge in [-0.2, -0.15) is 0 Å². The Kier molecular flexibility index (Phi) is 7.90. The lowest BCUT2D eigenvalue weighted by atomic mass is 9.94. The van der Waals surface area contributed by atoms with E-state index in [-0.39, 0.29) is 16.9 Å². The Morgan fingerprint density at radius 1 is 0.947 bits per heavy atom. The van der Waals surface area contributed by atoms with Gasteiger partial charge in [-0.1, -0.05) is 25.1 Å². The van der Waals surface area contributed by atoms with E-state index in [2.05, 4.69) is 0 Å². The van der Waals surface area contributed by atoms with Gasteiger partial charge in [0, 0.05) is 37.6 Å². The van der Waals surface area contributed by atoms with Crippen molar-refractivity contribution in [2.45, 2.75) is 19.4 Å². The molecule has 3 aromatic carbocycles. The SMILES string of the molecule is CCCOc1cccc(N2C(=O)C(=O)/C(=C(\O)c3ccc(OC)cc3OC)C2c2ccc(N(C)C)cc2)c1. The van der Waals surface area contributed by atoms with Crippen molar-refractivity contribution in [3.05, 3.63) is 83.4 Å². The highest BCUT2D eigenvalue weighted by atomic mass is 16.5. The smallest absolute Gasteiger partial charge is 0.300 e. The number of carbonyl (C=O) groups is 2. The van der Waals surface area contributed by atoms with E-state index >= 15 is 0 Å². The van der Waals surface area contributed by atoms with E-state index in [0.29, 0.717) is 35.1 Å². The maximum absolute atomic E-state index is 13.5. The third-order valence-electron chi connectivity index (χ3n) is 6.40. The summed E-state index contributed by atoms with van der Waals surface area (Å²) in [7, 11) is 6.84. The Morgan fingerprint density at radius 3 is 2.32 bits per heavy atom. The van der Waals surface area contributed by atoms with Crippen LogP contribution in [0, 0.1) is 0 Å². The minimum Gasteiger partial charge on any atom is -0.507 e. The molecule has 1 N–H and O–H groups in total. The number of nitrogens with zero attached hydrogens (tertiary/aromatic N) is 2. The van der Waals surface area contributed by atoms with Crippen LogP contribution in [-0.4, -0.2) is 51.7 Å². The van der Waals surface area contributed by atoms with Crippen molar-refractivity contribution >= 4 is 28.8 Å². The summed E-state index contributed by atoms with van der Waals surface area (Å²) >= 11 is 0. The summed E-state index contributed by atoms with van der Waals surface area (Å²) in [5.74, 6) is -0.436. The van der Waals surface area contributed by atoms with Gasteiger partial charge in [-0.05, 0) is 48.4 Å². The topological polar surface area (TPSA) is 88.5 Å². The van der Waals surface area contributed by atoms with Gasteiger partial charge >= 0.3 is 0 Å². The summed E-state index contributed by atoms with van der Waals surface area (Å²) in [5, 5.41) is 11.5. The number of amides is 1. The predicted molar refractivity (Wildman–Crippen MR) is 147 cm³/mol. The lowest BCUT2D eigenvalue weighted by molar-refractivity contribution is -0.132. The van der Waals surface area contributed by atoms with Crippen LogP contribution in [-0.2, 0) is 9.59 Å². The zero-order chi connectivity index (χ0) is 27.4. The molecule has 3 aromatic rings. The lowest BCUT2D eigenvalue weighted by Crippen LogP contribution is -2.29. The highest BCUT2D eigenvalue weighted by Gasteiger charge is 2.47. The summed E-state index contributed by atoms with van der Waals surface area (Å²) in [5.41, 5.74) is 2.36. The first-order valence-corrected chi connectivity index (χ1v) is 12.3. The van der Waals surface area contributed by atoms with Crippen LogP contribution >= 0.6 is 0 Å². The van der Waals surface area contributed by atoms with Crippen molar-refractivity contribution in [3.8, 4) is 17.2 Å². The van der Waals surface area contributed by atoms with Crippen LogP contribution in [0.3, 0.4) is 0 Å². The predicted octanol–water partition coefficient (Wildman–Crippen LogP) is 5.18. The van der Waals surface area contributed by atoms with Gasteiger partial charge in [0.25, 0.3) is 11.7 Å². The van der Waals surface area contributed by atoms with Crippen molar-refractivity contribution in [1.29, 1.82) is 0 Å². The number of aliphatic hydroxyl groups excluding tert-OH is 1. The van der Waals surface area contributed by atoms with Crippen molar-refractivity contribution in [2.75, 3.05) is 44.7 Å². The number of methoxy groups -OCH3 is 2. The molecule has 8 heteroatoms. The normalized spacial score (nSPS) is 16.4. The summed E-state index contributed by atoms with van der Waals surface area (Å²) in [6.45, 7) is 2.53. The minimum absolute atomic E-state index is 0.0315. The Labute approximate surface area is 222 Å². The molecule has 0 radical (unpaired) electrons. The first-order valence-electron chi connectivity index (χ1n) is 12.3. The Balaban J connectivity index is 1.92.